The summed E-state index contributed by atoms with van der Waals surface area (Å²) >= 11 is 0. The number of hydrogen-bond acceptors (Lipinski definition) is 3. The Kier molecular flexibility index (Phi) is 2.93. The van der Waals surface area contributed by atoms with Crippen molar-refractivity contribution in [2.24, 2.45) is 0 Å². The average molecular weight is 250 g/mol. The van der Waals surface area contributed by atoms with Crippen molar-refractivity contribution in [1.82, 2.24) is 4.98 Å². The molecule has 92 valence electrons. The largest absolute Gasteiger partial charge is 0.477 e. The molecule has 0 aliphatic heterocycles. The number of nitrogens with zero attached hydrogens (tertiary/aromatic N) is 1. The normalized spacial score (nSPS) is 10.3. The summed E-state index contributed by atoms with van der Waals surface area (Å²) in [6.07, 6.45) is 0. The standard InChI is InChI=1S/C12H8F2N2O2/c13-8-3-1-2-6(10(8)14)7-4-5-9(12(17)18)16-11(7)15/h1-5H,(H2,15,16)(H,17,18). The second-order valence-electron chi connectivity index (χ2n) is 3.54. The third kappa shape index (κ3) is 2.00. The molecule has 0 saturated heterocycles. The van der Waals surface area contributed by atoms with E-state index in [1.165, 1.54) is 24.3 Å². The summed E-state index contributed by atoms with van der Waals surface area (Å²) in [4.78, 5) is 14.3. The van der Waals surface area contributed by atoms with Crippen molar-refractivity contribution in [2.45, 2.75) is 0 Å². The van der Waals surface area contributed by atoms with Crippen molar-refractivity contribution in [1.29, 1.82) is 0 Å². The Bertz CT molecular complexity index is 629. The number of aromatic carboxylic acids is 1. The summed E-state index contributed by atoms with van der Waals surface area (Å²) in [5.74, 6) is -3.46. The van der Waals surface area contributed by atoms with E-state index in [2.05, 4.69) is 4.98 Å². The van der Waals surface area contributed by atoms with Crippen LogP contribution in [-0.4, -0.2) is 16.1 Å². The number of halogens is 2. The molecule has 3 N–H and O–H groups in total. The lowest BCUT2D eigenvalue weighted by molar-refractivity contribution is 0.0690. The van der Waals surface area contributed by atoms with E-state index in [9.17, 15) is 13.6 Å². The van der Waals surface area contributed by atoms with E-state index in [-0.39, 0.29) is 22.6 Å². The zero-order valence-corrected chi connectivity index (χ0v) is 9.02. The minimum absolute atomic E-state index is 0.0584. The lowest BCUT2D eigenvalue weighted by atomic mass is 10.1. The van der Waals surface area contributed by atoms with Crippen LogP contribution in [0.1, 0.15) is 10.5 Å². The molecule has 0 radical (unpaired) electrons. The molecule has 18 heavy (non-hydrogen) atoms. The van der Waals surface area contributed by atoms with Crippen molar-refractivity contribution >= 4 is 11.8 Å². The molecule has 1 aromatic carbocycles. The number of pyridine rings is 1. The van der Waals surface area contributed by atoms with Crippen LogP contribution in [0.4, 0.5) is 14.6 Å². The topological polar surface area (TPSA) is 76.2 Å². The fourth-order valence-corrected chi connectivity index (χ4v) is 1.53. The number of benzene rings is 1. The van der Waals surface area contributed by atoms with Gasteiger partial charge in [-0.05, 0) is 18.2 Å². The summed E-state index contributed by atoms with van der Waals surface area (Å²) < 4.78 is 26.6. The molecule has 1 aromatic heterocycles. The molecule has 0 fully saturated rings. The van der Waals surface area contributed by atoms with Crippen LogP contribution in [0.5, 0.6) is 0 Å². The Morgan fingerprint density at radius 3 is 2.50 bits per heavy atom. The van der Waals surface area contributed by atoms with Gasteiger partial charge in [0.1, 0.15) is 5.82 Å². The van der Waals surface area contributed by atoms with E-state index >= 15 is 0 Å². The molecule has 0 atom stereocenters. The Labute approximate surface area is 101 Å². The van der Waals surface area contributed by atoms with Gasteiger partial charge in [-0.3, -0.25) is 0 Å². The van der Waals surface area contributed by atoms with E-state index in [0.29, 0.717) is 0 Å². The highest BCUT2D eigenvalue weighted by molar-refractivity contribution is 5.87. The van der Waals surface area contributed by atoms with Crippen LogP contribution in [0.3, 0.4) is 0 Å². The van der Waals surface area contributed by atoms with Gasteiger partial charge in [0, 0.05) is 11.1 Å². The summed E-state index contributed by atoms with van der Waals surface area (Å²) in [6, 6.07) is 6.13. The van der Waals surface area contributed by atoms with Crippen LogP contribution in [0.15, 0.2) is 30.3 Å². The van der Waals surface area contributed by atoms with Crippen molar-refractivity contribution in [3.8, 4) is 11.1 Å². The van der Waals surface area contributed by atoms with Gasteiger partial charge in [0.15, 0.2) is 17.3 Å². The van der Waals surface area contributed by atoms with E-state index < -0.39 is 17.6 Å². The maximum absolute atomic E-state index is 13.6. The summed E-state index contributed by atoms with van der Waals surface area (Å²) in [6.45, 7) is 0. The molecule has 0 unspecified atom stereocenters. The molecule has 2 aromatic rings. The Morgan fingerprint density at radius 1 is 1.17 bits per heavy atom. The third-order valence-electron chi connectivity index (χ3n) is 2.39. The number of aromatic nitrogens is 1. The molecule has 6 heteroatoms. The van der Waals surface area contributed by atoms with Gasteiger partial charge in [0.2, 0.25) is 0 Å². The molecule has 0 amide bonds. The van der Waals surface area contributed by atoms with Gasteiger partial charge in [-0.15, -0.1) is 0 Å². The van der Waals surface area contributed by atoms with Gasteiger partial charge in [-0.2, -0.15) is 0 Å². The number of nitrogen functional groups attached to an aromatic ring is 1. The van der Waals surface area contributed by atoms with Gasteiger partial charge >= 0.3 is 5.97 Å². The molecule has 0 saturated carbocycles. The molecule has 0 aliphatic carbocycles. The van der Waals surface area contributed by atoms with Crippen LogP contribution in [0, 0.1) is 11.6 Å². The van der Waals surface area contributed by atoms with Crippen molar-refractivity contribution in [2.75, 3.05) is 5.73 Å². The number of carboxylic acids is 1. The first-order chi connectivity index (χ1) is 8.50. The van der Waals surface area contributed by atoms with E-state index in [1.807, 2.05) is 0 Å². The lowest BCUT2D eigenvalue weighted by Gasteiger charge is -2.07. The van der Waals surface area contributed by atoms with E-state index in [4.69, 9.17) is 10.8 Å². The smallest absolute Gasteiger partial charge is 0.354 e. The predicted octanol–water partition coefficient (Wildman–Crippen LogP) is 2.31. The van der Waals surface area contributed by atoms with Gasteiger partial charge in [-0.1, -0.05) is 12.1 Å². The number of carbonyl (C=O) groups is 1. The molecule has 0 bridgehead atoms. The summed E-state index contributed by atoms with van der Waals surface area (Å²) in [5, 5.41) is 8.72. The Balaban J connectivity index is 2.58. The highest BCUT2D eigenvalue weighted by Gasteiger charge is 2.14. The molecule has 1 heterocycles. The average Bonchev–Trinajstić information content (AvgIpc) is 2.33. The van der Waals surface area contributed by atoms with Crippen molar-refractivity contribution < 1.29 is 18.7 Å². The Morgan fingerprint density at radius 2 is 1.89 bits per heavy atom. The summed E-state index contributed by atoms with van der Waals surface area (Å²) in [5.41, 5.74) is 5.38. The summed E-state index contributed by atoms with van der Waals surface area (Å²) in [7, 11) is 0. The first-order valence-electron chi connectivity index (χ1n) is 4.95. The SMILES string of the molecule is Nc1nc(C(=O)O)ccc1-c1cccc(F)c1F. The van der Waals surface area contributed by atoms with Crippen molar-refractivity contribution in [3.63, 3.8) is 0 Å². The predicted molar refractivity (Wildman–Crippen MR) is 61.0 cm³/mol. The van der Waals surface area contributed by atoms with E-state index in [0.717, 1.165) is 6.07 Å². The number of anilines is 1. The first kappa shape index (κ1) is 12.0. The van der Waals surface area contributed by atoms with Gasteiger partial charge in [0.25, 0.3) is 0 Å². The van der Waals surface area contributed by atoms with E-state index in [1.54, 1.807) is 0 Å². The molecule has 0 aliphatic rings. The number of nitrogens with two attached hydrogens (primary N) is 1. The Hall–Kier alpha value is -2.50. The molecular formula is C12H8F2N2O2. The quantitative estimate of drug-likeness (QED) is 0.857. The van der Waals surface area contributed by atoms with Gasteiger partial charge in [0.05, 0.1) is 0 Å². The molecule has 2 rings (SSSR count). The minimum atomic E-state index is -1.24. The first-order valence-corrected chi connectivity index (χ1v) is 4.95. The van der Waals surface area contributed by atoms with Gasteiger partial charge < -0.3 is 10.8 Å². The number of rotatable bonds is 2. The molecule has 0 spiro atoms. The van der Waals surface area contributed by atoms with Crippen LogP contribution in [0.25, 0.3) is 11.1 Å². The minimum Gasteiger partial charge on any atom is -0.477 e. The van der Waals surface area contributed by atoms with Crippen LogP contribution in [0.2, 0.25) is 0 Å². The van der Waals surface area contributed by atoms with Crippen molar-refractivity contribution in [3.05, 3.63) is 47.7 Å². The lowest BCUT2D eigenvalue weighted by Crippen LogP contribution is -2.04. The van der Waals surface area contributed by atoms with Crippen LogP contribution >= 0.6 is 0 Å². The number of carboxylic acid groups (broad SMARTS) is 1. The second kappa shape index (κ2) is 4.40. The second-order valence-corrected chi connectivity index (χ2v) is 3.54. The number of hydrogen-bond donors (Lipinski definition) is 2. The zero-order valence-electron chi connectivity index (χ0n) is 9.02. The third-order valence-corrected chi connectivity index (χ3v) is 2.39. The van der Waals surface area contributed by atoms with Crippen LogP contribution in [-0.2, 0) is 0 Å². The van der Waals surface area contributed by atoms with Crippen LogP contribution < -0.4 is 5.73 Å². The molecule has 4 nitrogen and oxygen atoms in total. The highest BCUT2D eigenvalue weighted by atomic mass is 19.2. The zero-order chi connectivity index (χ0) is 13.3. The fourth-order valence-electron chi connectivity index (χ4n) is 1.53. The maximum Gasteiger partial charge on any atom is 0.354 e. The van der Waals surface area contributed by atoms with Gasteiger partial charge in [-0.25, -0.2) is 18.6 Å². The maximum atomic E-state index is 13.6. The molecular weight excluding hydrogens is 242 g/mol. The highest BCUT2D eigenvalue weighted by Crippen LogP contribution is 2.28. The fraction of sp³-hybridized carbons (Fsp3) is 0. The monoisotopic (exact) mass is 250 g/mol.